The lowest BCUT2D eigenvalue weighted by Crippen LogP contribution is -2.21. The largest absolute Gasteiger partial charge is 0.507 e. The lowest BCUT2D eigenvalue weighted by atomic mass is 9.74. The number of rotatable bonds is 10. The summed E-state index contributed by atoms with van der Waals surface area (Å²) in [5.74, 6) is 2.86. The molecular formula is C31H48O2. The molecule has 2 nitrogen and oxygen atoms in total. The minimum absolute atomic E-state index is 0.240. The first-order valence-electron chi connectivity index (χ1n) is 12.9. The second-order valence-corrected chi connectivity index (χ2v) is 12.3. The van der Waals surface area contributed by atoms with Crippen LogP contribution in [0.15, 0.2) is 24.3 Å². The van der Waals surface area contributed by atoms with Crippen molar-refractivity contribution in [2.75, 3.05) is 0 Å². The normalized spacial score (nSPS) is 12.5. The van der Waals surface area contributed by atoms with Crippen molar-refractivity contribution in [3.8, 4) is 11.5 Å². The fourth-order valence-electron chi connectivity index (χ4n) is 4.79. The summed E-state index contributed by atoms with van der Waals surface area (Å²) in [4.78, 5) is 0. The smallest absolute Gasteiger partial charge is 0.121 e. The lowest BCUT2D eigenvalue weighted by Gasteiger charge is -2.30. The Bertz CT molecular complexity index is 794. The van der Waals surface area contributed by atoms with E-state index in [0.717, 1.165) is 47.9 Å². The van der Waals surface area contributed by atoms with E-state index < -0.39 is 0 Å². The predicted octanol–water partition coefficient (Wildman–Crippen LogP) is 8.22. The summed E-state index contributed by atoms with van der Waals surface area (Å²) >= 11 is 0. The van der Waals surface area contributed by atoms with Crippen LogP contribution < -0.4 is 0 Å². The molecule has 0 radical (unpaired) electrons. The van der Waals surface area contributed by atoms with Crippen LogP contribution in [0.3, 0.4) is 0 Å². The first-order chi connectivity index (χ1) is 15.2. The number of hydrogen-bond donors (Lipinski definition) is 2. The second kappa shape index (κ2) is 11.0. The zero-order valence-electron chi connectivity index (χ0n) is 22.8. The molecule has 0 saturated carbocycles. The Morgan fingerprint density at radius 3 is 0.909 bits per heavy atom. The summed E-state index contributed by atoms with van der Waals surface area (Å²) in [6, 6.07) is 8.87. The molecule has 0 spiro atoms. The number of phenolic OH excluding ortho intramolecular Hbond substituents is 2. The number of aromatic hydroxyl groups is 2. The van der Waals surface area contributed by atoms with Gasteiger partial charge in [-0.25, -0.2) is 0 Å². The molecule has 0 amide bonds. The quantitative estimate of drug-likeness (QED) is 0.381. The van der Waals surface area contributed by atoms with Crippen LogP contribution in [0.2, 0.25) is 0 Å². The van der Waals surface area contributed by atoms with Gasteiger partial charge in [-0.05, 0) is 82.7 Å². The van der Waals surface area contributed by atoms with Gasteiger partial charge < -0.3 is 10.2 Å². The second-order valence-electron chi connectivity index (χ2n) is 12.3. The minimum Gasteiger partial charge on any atom is -0.507 e. The van der Waals surface area contributed by atoms with Crippen molar-refractivity contribution in [1.82, 2.24) is 0 Å². The van der Waals surface area contributed by atoms with E-state index in [1.54, 1.807) is 0 Å². The Morgan fingerprint density at radius 2 is 0.727 bits per heavy atom. The third-order valence-electron chi connectivity index (χ3n) is 6.49. The van der Waals surface area contributed by atoms with Gasteiger partial charge in [0.2, 0.25) is 0 Å². The summed E-state index contributed by atoms with van der Waals surface area (Å²) in [6.07, 6.45) is 3.47. The maximum Gasteiger partial charge on any atom is 0.121 e. The Balaban J connectivity index is 2.70. The molecule has 2 N–H and O–H groups in total. The third-order valence-corrected chi connectivity index (χ3v) is 6.49. The Morgan fingerprint density at radius 1 is 0.515 bits per heavy atom. The van der Waals surface area contributed by atoms with Crippen molar-refractivity contribution in [2.24, 2.45) is 23.7 Å². The van der Waals surface area contributed by atoms with E-state index in [2.05, 4.69) is 93.5 Å². The minimum atomic E-state index is -0.240. The summed E-state index contributed by atoms with van der Waals surface area (Å²) in [7, 11) is 0. The highest BCUT2D eigenvalue weighted by Gasteiger charge is 2.28. The van der Waals surface area contributed by atoms with Crippen molar-refractivity contribution < 1.29 is 10.2 Å². The highest BCUT2D eigenvalue weighted by Crippen LogP contribution is 2.40. The summed E-state index contributed by atoms with van der Waals surface area (Å²) in [5, 5.41) is 22.1. The topological polar surface area (TPSA) is 40.5 Å². The Kier molecular flexibility index (Phi) is 9.08. The Hall–Kier alpha value is -1.96. The fourth-order valence-corrected chi connectivity index (χ4v) is 4.79. The molecule has 0 aromatic heterocycles. The molecule has 2 rings (SSSR count). The average molecular weight is 453 g/mol. The van der Waals surface area contributed by atoms with Crippen molar-refractivity contribution >= 4 is 0 Å². The van der Waals surface area contributed by atoms with Gasteiger partial charge in [-0.2, -0.15) is 0 Å². The van der Waals surface area contributed by atoms with Gasteiger partial charge in [-0.1, -0.05) is 93.5 Å². The number of benzene rings is 2. The molecule has 33 heavy (non-hydrogen) atoms. The van der Waals surface area contributed by atoms with Crippen LogP contribution in [0.25, 0.3) is 0 Å². The fraction of sp³-hybridized carbons (Fsp3) is 0.613. The van der Waals surface area contributed by atoms with Crippen LogP contribution in [0, 0.1) is 23.7 Å². The molecule has 2 heteroatoms. The highest BCUT2D eigenvalue weighted by molar-refractivity contribution is 5.52. The zero-order chi connectivity index (χ0) is 25.1. The van der Waals surface area contributed by atoms with Crippen LogP contribution in [0.1, 0.15) is 103 Å². The molecule has 2 aromatic rings. The van der Waals surface area contributed by atoms with E-state index in [4.69, 9.17) is 0 Å². The van der Waals surface area contributed by atoms with E-state index in [1.165, 1.54) is 11.1 Å². The maximum absolute atomic E-state index is 11.0. The third kappa shape index (κ3) is 7.01. The van der Waals surface area contributed by atoms with Crippen molar-refractivity contribution in [1.29, 1.82) is 0 Å². The molecule has 184 valence electrons. The van der Waals surface area contributed by atoms with Gasteiger partial charge in [0.05, 0.1) is 0 Å². The van der Waals surface area contributed by atoms with Gasteiger partial charge in [0.15, 0.2) is 0 Å². The van der Waals surface area contributed by atoms with Crippen molar-refractivity contribution in [2.45, 2.75) is 100 Å². The van der Waals surface area contributed by atoms with E-state index >= 15 is 0 Å². The van der Waals surface area contributed by atoms with Gasteiger partial charge in [0, 0.05) is 5.41 Å². The van der Waals surface area contributed by atoms with Crippen LogP contribution in [-0.4, -0.2) is 10.2 Å². The molecule has 0 aliphatic carbocycles. The SMILES string of the molecule is CC(C)Cc1cc(C(C)(C)c2cc(CC(C)C)c(O)c(CC(C)C)c2)cc(CC(C)C)c1O. The van der Waals surface area contributed by atoms with Crippen LogP contribution in [0.4, 0.5) is 0 Å². The van der Waals surface area contributed by atoms with Gasteiger partial charge >= 0.3 is 0 Å². The van der Waals surface area contributed by atoms with Crippen LogP contribution in [0.5, 0.6) is 11.5 Å². The van der Waals surface area contributed by atoms with E-state index in [9.17, 15) is 10.2 Å². The molecule has 0 atom stereocenters. The van der Waals surface area contributed by atoms with Crippen molar-refractivity contribution in [3.63, 3.8) is 0 Å². The number of hydrogen-bond acceptors (Lipinski definition) is 2. The van der Waals surface area contributed by atoms with Crippen molar-refractivity contribution in [3.05, 3.63) is 57.6 Å². The van der Waals surface area contributed by atoms with E-state index in [-0.39, 0.29) is 5.41 Å². The first kappa shape index (κ1) is 27.3. The molecule has 0 heterocycles. The summed E-state index contributed by atoms with van der Waals surface area (Å²) in [6.45, 7) is 22.2. The molecule has 0 unspecified atom stereocenters. The van der Waals surface area contributed by atoms with E-state index in [1.807, 2.05) is 0 Å². The summed E-state index contributed by atoms with van der Waals surface area (Å²) in [5.41, 5.74) is 6.44. The standard InChI is InChI=1S/C31H48O2/c1-19(2)11-23-15-27(16-24(29(23)32)12-20(3)4)31(9,10)28-17-25(13-21(5)6)30(33)26(18-28)14-22(7)8/h15-22,32-33H,11-14H2,1-10H3. The monoisotopic (exact) mass is 452 g/mol. The molecular weight excluding hydrogens is 404 g/mol. The molecule has 0 saturated heterocycles. The van der Waals surface area contributed by atoms with Gasteiger partial charge in [0.1, 0.15) is 11.5 Å². The lowest BCUT2D eigenvalue weighted by molar-refractivity contribution is 0.447. The van der Waals surface area contributed by atoms with Gasteiger partial charge in [0.25, 0.3) is 0 Å². The zero-order valence-corrected chi connectivity index (χ0v) is 22.8. The summed E-state index contributed by atoms with van der Waals surface area (Å²) < 4.78 is 0. The van der Waals surface area contributed by atoms with Crippen LogP contribution in [-0.2, 0) is 31.1 Å². The van der Waals surface area contributed by atoms with Crippen LogP contribution >= 0.6 is 0 Å². The molecule has 0 aliphatic rings. The van der Waals surface area contributed by atoms with E-state index in [0.29, 0.717) is 35.2 Å². The predicted molar refractivity (Wildman–Crippen MR) is 143 cm³/mol. The molecule has 0 bridgehead atoms. The molecule has 0 aliphatic heterocycles. The average Bonchev–Trinajstić information content (AvgIpc) is 2.66. The molecule has 2 aromatic carbocycles. The maximum atomic E-state index is 11.0. The highest BCUT2D eigenvalue weighted by atomic mass is 16.3. The van der Waals surface area contributed by atoms with Gasteiger partial charge in [-0.15, -0.1) is 0 Å². The Labute approximate surface area is 203 Å². The van der Waals surface area contributed by atoms with Gasteiger partial charge in [-0.3, -0.25) is 0 Å². The first-order valence-corrected chi connectivity index (χ1v) is 12.9. The number of phenols is 2. The molecule has 0 fully saturated rings.